The summed E-state index contributed by atoms with van der Waals surface area (Å²) in [7, 11) is 0. The maximum Gasteiger partial charge on any atom is 0.434 e. The molecule has 0 unspecified atom stereocenters. The molecule has 50 heavy (non-hydrogen) atoms. The van der Waals surface area contributed by atoms with Crippen LogP contribution in [0.3, 0.4) is 0 Å². The number of rotatable bonds is 7. The van der Waals surface area contributed by atoms with E-state index in [0.717, 1.165) is 16.7 Å². The first-order valence-corrected chi connectivity index (χ1v) is 16.9. The third kappa shape index (κ3) is 8.07. The normalized spacial score (nSPS) is 15.1. The van der Waals surface area contributed by atoms with Gasteiger partial charge < -0.3 is 24.3 Å². The highest BCUT2D eigenvalue weighted by atomic mass is 32.1. The lowest BCUT2D eigenvalue weighted by molar-refractivity contribution is -0.140. The SMILES string of the molecule is CCNC(=O)Nc1cc(-c2nc(C(F)(F)F)cs2)c(-c2ccc3c(c2)c(=O)c(C(=O)OCC)cn3[C@H]2CCCN(C(=O)OC(C)(C)C)C2)cn1. The monoisotopic (exact) mass is 714 g/mol. The predicted molar refractivity (Wildman–Crippen MR) is 182 cm³/mol. The molecule has 0 bridgehead atoms. The second-order valence-corrected chi connectivity index (χ2v) is 13.4. The number of likely N-dealkylation sites (tertiary alicyclic amines) is 1. The van der Waals surface area contributed by atoms with Crippen molar-refractivity contribution < 1.29 is 37.0 Å². The number of nitrogens with zero attached hydrogens (tertiary/aromatic N) is 4. The Hall–Kier alpha value is -4.99. The average Bonchev–Trinajstić information content (AvgIpc) is 3.56. The highest BCUT2D eigenvalue weighted by Crippen LogP contribution is 2.39. The van der Waals surface area contributed by atoms with E-state index in [-0.39, 0.29) is 46.5 Å². The number of piperidine rings is 1. The minimum Gasteiger partial charge on any atom is -0.462 e. The lowest BCUT2D eigenvalue weighted by Gasteiger charge is -2.35. The Morgan fingerprint density at radius 2 is 1.86 bits per heavy atom. The van der Waals surface area contributed by atoms with Crippen LogP contribution >= 0.6 is 11.3 Å². The Morgan fingerprint density at radius 1 is 1.10 bits per heavy atom. The summed E-state index contributed by atoms with van der Waals surface area (Å²) in [5, 5.41) is 6.18. The molecule has 1 aliphatic heterocycles. The molecule has 16 heteroatoms. The summed E-state index contributed by atoms with van der Waals surface area (Å²) >= 11 is 0.765. The second kappa shape index (κ2) is 14.5. The number of anilines is 1. The lowest BCUT2D eigenvalue weighted by Crippen LogP contribution is -2.43. The van der Waals surface area contributed by atoms with Gasteiger partial charge in [-0.3, -0.25) is 10.1 Å². The van der Waals surface area contributed by atoms with Crippen LogP contribution in [0.5, 0.6) is 0 Å². The molecular formula is C34H37F3N6O6S. The summed E-state index contributed by atoms with van der Waals surface area (Å²) in [6.07, 6.45) is -1.04. The van der Waals surface area contributed by atoms with Crippen molar-refractivity contribution in [3.63, 3.8) is 0 Å². The fraction of sp³-hybridized carbons (Fsp3) is 0.412. The van der Waals surface area contributed by atoms with Gasteiger partial charge in [0.05, 0.1) is 18.2 Å². The van der Waals surface area contributed by atoms with E-state index >= 15 is 0 Å². The van der Waals surface area contributed by atoms with Gasteiger partial charge in [0.1, 0.15) is 22.0 Å². The van der Waals surface area contributed by atoms with Crippen LogP contribution in [0, 0.1) is 0 Å². The minimum atomic E-state index is -4.68. The number of aromatic nitrogens is 3. The number of carbonyl (C=O) groups excluding carboxylic acids is 3. The molecular weight excluding hydrogens is 677 g/mol. The predicted octanol–water partition coefficient (Wildman–Crippen LogP) is 7.10. The molecule has 4 heterocycles. The van der Waals surface area contributed by atoms with E-state index in [9.17, 15) is 32.3 Å². The highest BCUT2D eigenvalue weighted by molar-refractivity contribution is 7.13. The summed E-state index contributed by atoms with van der Waals surface area (Å²) in [5.74, 6) is -0.748. The van der Waals surface area contributed by atoms with E-state index in [1.165, 1.54) is 18.5 Å². The molecule has 4 aromatic rings. The average molecular weight is 715 g/mol. The Kier molecular flexibility index (Phi) is 10.5. The third-order valence-electron chi connectivity index (χ3n) is 7.79. The van der Waals surface area contributed by atoms with Crippen LogP contribution in [0.15, 0.2) is 46.8 Å². The quantitative estimate of drug-likeness (QED) is 0.193. The fourth-order valence-electron chi connectivity index (χ4n) is 5.63. The molecule has 1 fully saturated rings. The maximum absolute atomic E-state index is 13.9. The zero-order valence-corrected chi connectivity index (χ0v) is 29.0. The van der Waals surface area contributed by atoms with Crippen LogP contribution in [-0.4, -0.2) is 69.4 Å². The summed E-state index contributed by atoms with van der Waals surface area (Å²) < 4.78 is 53.2. The summed E-state index contributed by atoms with van der Waals surface area (Å²) in [6.45, 7) is 9.79. The van der Waals surface area contributed by atoms with Gasteiger partial charge in [0, 0.05) is 53.9 Å². The molecule has 5 rings (SSSR count). The number of ether oxygens (including phenoxy) is 2. The maximum atomic E-state index is 13.9. The number of nitrogens with one attached hydrogen (secondary N) is 2. The number of amides is 3. The van der Waals surface area contributed by atoms with Crippen molar-refractivity contribution >= 4 is 46.2 Å². The number of halogens is 3. The van der Waals surface area contributed by atoms with Crippen LogP contribution in [0.4, 0.5) is 28.6 Å². The first-order chi connectivity index (χ1) is 23.6. The minimum absolute atomic E-state index is 0.0101. The van der Waals surface area contributed by atoms with E-state index in [1.807, 2.05) is 0 Å². The van der Waals surface area contributed by atoms with Crippen LogP contribution < -0.4 is 16.1 Å². The largest absolute Gasteiger partial charge is 0.462 e. The fourth-order valence-corrected chi connectivity index (χ4v) is 6.49. The Balaban J connectivity index is 1.65. The molecule has 0 aliphatic carbocycles. The standard InChI is InChI=1S/C34H37F3N6O6S/c1-6-38-31(46)41-27-14-21(29-40-26(18-50-29)34(35,36)37)23(15-39-27)19-10-11-25-22(13-19)28(44)24(30(45)48-7-2)17-43(25)20-9-8-12-42(16-20)32(47)49-33(3,4)5/h10-11,13-15,17-18,20H,6-9,12,16H2,1-5H3,(H2,38,39,41,46)/t20-/m0/s1. The smallest absolute Gasteiger partial charge is 0.434 e. The van der Waals surface area contributed by atoms with Crippen LogP contribution in [0.25, 0.3) is 32.6 Å². The van der Waals surface area contributed by atoms with Crippen molar-refractivity contribution in [3.05, 3.63) is 63.5 Å². The molecule has 2 N–H and O–H groups in total. The zero-order valence-electron chi connectivity index (χ0n) is 28.1. The molecule has 1 atom stereocenters. The van der Waals surface area contributed by atoms with E-state index in [0.29, 0.717) is 42.6 Å². The summed E-state index contributed by atoms with van der Waals surface area (Å²) in [4.78, 5) is 61.9. The van der Waals surface area contributed by atoms with Crippen molar-refractivity contribution in [2.24, 2.45) is 0 Å². The van der Waals surface area contributed by atoms with Gasteiger partial charge in [0.2, 0.25) is 5.43 Å². The van der Waals surface area contributed by atoms with Crippen molar-refractivity contribution in [1.29, 1.82) is 0 Å². The number of hydrogen-bond donors (Lipinski definition) is 2. The molecule has 0 radical (unpaired) electrons. The Bertz CT molecular complexity index is 1990. The Morgan fingerprint density at radius 3 is 2.52 bits per heavy atom. The number of benzene rings is 1. The van der Waals surface area contributed by atoms with Crippen molar-refractivity contribution in [2.75, 3.05) is 31.6 Å². The van der Waals surface area contributed by atoms with Crippen LogP contribution in [0.1, 0.15) is 69.6 Å². The number of thiazole rings is 1. The van der Waals surface area contributed by atoms with Gasteiger partial charge in [-0.2, -0.15) is 13.2 Å². The zero-order chi connectivity index (χ0) is 36.4. The van der Waals surface area contributed by atoms with E-state index in [1.54, 1.807) is 62.3 Å². The molecule has 1 saturated heterocycles. The topological polar surface area (TPSA) is 145 Å². The number of hydrogen-bond acceptors (Lipinski definition) is 9. The summed E-state index contributed by atoms with van der Waals surface area (Å²) in [5.41, 5.74) is -1.15. The number of urea groups is 1. The van der Waals surface area contributed by atoms with Gasteiger partial charge in [-0.25, -0.2) is 24.4 Å². The molecule has 266 valence electrons. The molecule has 1 aliphatic rings. The van der Waals surface area contributed by atoms with Gasteiger partial charge >= 0.3 is 24.3 Å². The second-order valence-electron chi connectivity index (χ2n) is 12.6. The van der Waals surface area contributed by atoms with Crippen molar-refractivity contribution in [2.45, 2.75) is 65.3 Å². The number of fused-ring (bicyclic) bond motifs is 1. The number of esters is 1. The number of carbonyl (C=O) groups is 3. The molecule has 3 amide bonds. The van der Waals surface area contributed by atoms with Crippen LogP contribution in [-0.2, 0) is 15.7 Å². The van der Waals surface area contributed by atoms with Gasteiger partial charge in [0.25, 0.3) is 0 Å². The molecule has 1 aromatic carbocycles. The highest BCUT2D eigenvalue weighted by Gasteiger charge is 2.34. The van der Waals surface area contributed by atoms with E-state index in [2.05, 4.69) is 20.6 Å². The molecule has 3 aromatic heterocycles. The van der Waals surface area contributed by atoms with Gasteiger partial charge in [0.15, 0.2) is 5.69 Å². The first kappa shape index (κ1) is 36.3. The van der Waals surface area contributed by atoms with E-state index in [4.69, 9.17) is 9.47 Å². The van der Waals surface area contributed by atoms with Crippen molar-refractivity contribution in [1.82, 2.24) is 24.8 Å². The summed E-state index contributed by atoms with van der Waals surface area (Å²) in [6, 6.07) is 5.44. The third-order valence-corrected chi connectivity index (χ3v) is 8.66. The first-order valence-electron chi connectivity index (χ1n) is 16.0. The van der Waals surface area contributed by atoms with Gasteiger partial charge in [-0.05, 0) is 71.2 Å². The van der Waals surface area contributed by atoms with Gasteiger partial charge in [-0.15, -0.1) is 11.3 Å². The van der Waals surface area contributed by atoms with Gasteiger partial charge in [-0.1, -0.05) is 6.07 Å². The van der Waals surface area contributed by atoms with Crippen molar-refractivity contribution in [3.8, 4) is 21.7 Å². The Labute approximate surface area is 289 Å². The van der Waals surface area contributed by atoms with Crippen LogP contribution in [0.2, 0.25) is 0 Å². The number of alkyl halides is 3. The molecule has 12 nitrogen and oxygen atoms in total. The molecule has 0 spiro atoms. The number of pyridine rings is 2. The van der Waals surface area contributed by atoms with E-state index < -0.39 is 41.0 Å². The lowest BCUT2D eigenvalue weighted by atomic mass is 9.98. The molecule has 0 saturated carbocycles.